The van der Waals surface area contributed by atoms with Crippen molar-refractivity contribution >= 4 is 21.6 Å². The first-order chi connectivity index (χ1) is 8.43. The van der Waals surface area contributed by atoms with E-state index in [0.29, 0.717) is 4.47 Å². The van der Waals surface area contributed by atoms with Crippen LogP contribution in [0.5, 0.6) is 0 Å². The van der Waals surface area contributed by atoms with Gasteiger partial charge in [-0.25, -0.2) is 4.39 Å². The number of benzene rings is 1. The van der Waals surface area contributed by atoms with Crippen LogP contribution in [0.2, 0.25) is 0 Å². The zero-order chi connectivity index (χ0) is 13.4. The normalized spacial score (nSPS) is 10.7. The van der Waals surface area contributed by atoms with Crippen LogP contribution in [-0.2, 0) is 7.05 Å². The van der Waals surface area contributed by atoms with Gasteiger partial charge in [-0.05, 0) is 22.0 Å². The molecule has 0 bridgehead atoms. The molecule has 0 unspecified atom stereocenters. The van der Waals surface area contributed by atoms with Gasteiger partial charge >= 0.3 is 5.69 Å². The molecule has 0 amide bonds. The number of aryl methyl sites for hydroxylation is 1. The molecule has 0 aliphatic heterocycles. The predicted molar refractivity (Wildman–Crippen MR) is 62.9 cm³/mol. The molecule has 1 aromatic carbocycles. The first-order valence-electron chi connectivity index (χ1n) is 4.73. The van der Waals surface area contributed by atoms with Gasteiger partial charge in [0.1, 0.15) is 5.82 Å². The van der Waals surface area contributed by atoms with Gasteiger partial charge in [0.25, 0.3) is 0 Å². The Morgan fingerprint density at radius 3 is 2.61 bits per heavy atom. The molecule has 1 aromatic heterocycles. The zero-order valence-electron chi connectivity index (χ0n) is 9.02. The van der Waals surface area contributed by atoms with E-state index < -0.39 is 27.8 Å². The fourth-order valence-corrected chi connectivity index (χ4v) is 2.14. The van der Waals surface area contributed by atoms with E-state index in [0.717, 1.165) is 12.1 Å². The van der Waals surface area contributed by atoms with E-state index in [4.69, 9.17) is 0 Å². The zero-order valence-corrected chi connectivity index (χ0v) is 10.6. The summed E-state index contributed by atoms with van der Waals surface area (Å²) in [4.78, 5) is 9.73. The average molecular weight is 318 g/mol. The average Bonchev–Trinajstić information content (AvgIpc) is 2.60. The quantitative estimate of drug-likeness (QED) is 0.631. The summed E-state index contributed by atoms with van der Waals surface area (Å²) in [7, 11) is 1.48. The third kappa shape index (κ3) is 1.88. The number of hydrogen-bond acceptors (Lipinski definition) is 3. The van der Waals surface area contributed by atoms with Crippen molar-refractivity contribution in [3.8, 4) is 11.3 Å². The number of halogens is 3. The Morgan fingerprint density at radius 2 is 2.11 bits per heavy atom. The van der Waals surface area contributed by atoms with Crippen LogP contribution >= 0.6 is 15.9 Å². The van der Waals surface area contributed by atoms with Crippen molar-refractivity contribution in [2.75, 3.05) is 0 Å². The van der Waals surface area contributed by atoms with Gasteiger partial charge in [0, 0.05) is 13.1 Å². The van der Waals surface area contributed by atoms with E-state index in [9.17, 15) is 18.9 Å². The molecule has 2 aromatic rings. The van der Waals surface area contributed by atoms with E-state index in [1.165, 1.54) is 17.9 Å². The van der Waals surface area contributed by atoms with Gasteiger partial charge in [0.2, 0.25) is 5.82 Å². The van der Waals surface area contributed by atoms with Gasteiger partial charge in [-0.3, -0.25) is 14.8 Å². The number of rotatable bonds is 2. The van der Waals surface area contributed by atoms with Gasteiger partial charge in [0.15, 0.2) is 0 Å². The highest BCUT2D eigenvalue weighted by molar-refractivity contribution is 9.10. The number of nitro benzene ring substituents is 1. The Morgan fingerprint density at radius 1 is 1.44 bits per heavy atom. The Kier molecular flexibility index (Phi) is 3.12. The van der Waals surface area contributed by atoms with E-state index in [2.05, 4.69) is 21.0 Å². The molecule has 0 saturated heterocycles. The molecule has 0 aliphatic carbocycles. The van der Waals surface area contributed by atoms with Crippen molar-refractivity contribution in [1.82, 2.24) is 9.78 Å². The van der Waals surface area contributed by atoms with Gasteiger partial charge < -0.3 is 0 Å². The van der Waals surface area contributed by atoms with E-state index >= 15 is 0 Å². The van der Waals surface area contributed by atoms with Crippen molar-refractivity contribution in [3.05, 3.63) is 44.6 Å². The number of aromatic nitrogens is 2. The highest BCUT2D eigenvalue weighted by Crippen LogP contribution is 2.35. The molecule has 8 heteroatoms. The van der Waals surface area contributed by atoms with Crippen LogP contribution in [0.15, 0.2) is 22.8 Å². The molecule has 5 nitrogen and oxygen atoms in total. The first kappa shape index (κ1) is 12.6. The summed E-state index contributed by atoms with van der Waals surface area (Å²) >= 11 is 3.10. The summed E-state index contributed by atoms with van der Waals surface area (Å²) in [5.74, 6) is -2.10. The topological polar surface area (TPSA) is 61.0 Å². The fourth-order valence-electron chi connectivity index (χ4n) is 1.59. The molecule has 0 fully saturated rings. The first-order valence-corrected chi connectivity index (χ1v) is 5.53. The van der Waals surface area contributed by atoms with Crippen LogP contribution in [0.3, 0.4) is 0 Å². The second kappa shape index (κ2) is 4.45. The van der Waals surface area contributed by atoms with Gasteiger partial charge in [-0.1, -0.05) is 0 Å². The number of hydrogen-bond donors (Lipinski definition) is 0. The minimum absolute atomic E-state index is 0.105. The summed E-state index contributed by atoms with van der Waals surface area (Å²) in [5.41, 5.74) is -1.15. The fraction of sp³-hybridized carbons (Fsp3) is 0.100. The van der Waals surface area contributed by atoms with Crippen molar-refractivity contribution < 1.29 is 13.7 Å². The summed E-state index contributed by atoms with van der Waals surface area (Å²) in [6, 6.07) is 1.65. The predicted octanol–water partition coefficient (Wildman–Crippen LogP) is 3.04. The molecule has 0 N–H and O–H groups in total. The van der Waals surface area contributed by atoms with Crippen LogP contribution in [0.25, 0.3) is 11.3 Å². The molecule has 0 atom stereocenters. The highest BCUT2D eigenvalue weighted by atomic mass is 79.9. The summed E-state index contributed by atoms with van der Waals surface area (Å²) in [5, 5.41) is 14.4. The lowest BCUT2D eigenvalue weighted by molar-refractivity contribution is -0.387. The second-order valence-corrected chi connectivity index (χ2v) is 4.33. The van der Waals surface area contributed by atoms with E-state index in [1.807, 2.05) is 0 Å². The SMILES string of the molecule is Cn1ncc(Br)c1-c1c(F)ccc([N+](=O)[O-])c1F. The highest BCUT2D eigenvalue weighted by Gasteiger charge is 2.25. The lowest BCUT2D eigenvalue weighted by Crippen LogP contribution is -2.02. The summed E-state index contributed by atoms with van der Waals surface area (Å²) < 4.78 is 29.2. The largest absolute Gasteiger partial charge is 0.305 e. The molecular formula is C10H6BrF2N3O2. The van der Waals surface area contributed by atoms with Crippen molar-refractivity contribution in [2.45, 2.75) is 0 Å². The standard InChI is InChI=1S/C10H6BrF2N3O2/c1-15-10(5(11)4-14-15)8-6(12)2-3-7(9(8)13)16(17)18/h2-4H,1H3. The van der Waals surface area contributed by atoms with Crippen LogP contribution in [0.1, 0.15) is 0 Å². The van der Waals surface area contributed by atoms with E-state index in [1.54, 1.807) is 0 Å². The minimum Gasteiger partial charge on any atom is -0.267 e. The summed E-state index contributed by atoms with van der Waals surface area (Å²) in [6.45, 7) is 0. The Bertz CT molecular complexity index is 623. The molecule has 0 radical (unpaired) electrons. The van der Waals surface area contributed by atoms with Crippen molar-refractivity contribution in [1.29, 1.82) is 0 Å². The second-order valence-electron chi connectivity index (χ2n) is 3.48. The molecule has 0 aliphatic rings. The van der Waals surface area contributed by atoms with Crippen molar-refractivity contribution in [3.63, 3.8) is 0 Å². The van der Waals surface area contributed by atoms with Gasteiger partial charge in [0.05, 0.1) is 26.9 Å². The minimum atomic E-state index is -1.22. The third-order valence-corrected chi connectivity index (χ3v) is 2.98. The maximum absolute atomic E-state index is 14.0. The Labute approximate surface area is 108 Å². The lowest BCUT2D eigenvalue weighted by Gasteiger charge is -2.06. The molecule has 0 saturated carbocycles. The molecule has 18 heavy (non-hydrogen) atoms. The smallest absolute Gasteiger partial charge is 0.267 e. The van der Waals surface area contributed by atoms with Crippen molar-refractivity contribution in [2.24, 2.45) is 7.05 Å². The number of nitrogens with zero attached hydrogens (tertiary/aromatic N) is 3. The Balaban J connectivity index is 2.79. The van der Waals surface area contributed by atoms with Gasteiger partial charge in [-0.2, -0.15) is 9.49 Å². The molecule has 2 rings (SSSR count). The monoisotopic (exact) mass is 317 g/mol. The Hall–Kier alpha value is -1.83. The van der Waals surface area contributed by atoms with Crippen LogP contribution in [-0.4, -0.2) is 14.7 Å². The van der Waals surface area contributed by atoms with Crippen LogP contribution in [0.4, 0.5) is 14.5 Å². The van der Waals surface area contributed by atoms with Crippen LogP contribution in [0, 0.1) is 21.7 Å². The third-order valence-electron chi connectivity index (χ3n) is 2.40. The molecule has 94 valence electrons. The van der Waals surface area contributed by atoms with Gasteiger partial charge in [-0.15, -0.1) is 0 Å². The number of nitro groups is 1. The molecular weight excluding hydrogens is 312 g/mol. The lowest BCUT2D eigenvalue weighted by atomic mass is 10.1. The van der Waals surface area contributed by atoms with E-state index in [-0.39, 0.29) is 5.69 Å². The van der Waals surface area contributed by atoms with Crippen LogP contribution < -0.4 is 0 Å². The molecule has 0 spiro atoms. The summed E-state index contributed by atoms with van der Waals surface area (Å²) in [6.07, 6.45) is 1.35. The maximum Gasteiger partial charge on any atom is 0.305 e. The maximum atomic E-state index is 14.0. The molecule has 1 heterocycles.